The number of aromatic nitrogens is 2. The predicted molar refractivity (Wildman–Crippen MR) is 188 cm³/mol. The molecular weight excluding hydrogens is 692 g/mol. The summed E-state index contributed by atoms with van der Waals surface area (Å²) in [5.41, 5.74) is 4.63. The van der Waals surface area contributed by atoms with E-state index in [0.29, 0.717) is 30.7 Å². The third-order valence-electron chi connectivity index (χ3n) is 6.59. The van der Waals surface area contributed by atoms with Crippen LogP contribution in [-0.2, 0) is 0 Å². The van der Waals surface area contributed by atoms with Crippen molar-refractivity contribution in [1.29, 1.82) is 0 Å². The quantitative estimate of drug-likeness (QED) is 0.138. The van der Waals surface area contributed by atoms with Gasteiger partial charge in [-0.1, -0.05) is 94.2 Å². The van der Waals surface area contributed by atoms with Crippen LogP contribution in [0, 0.1) is 13.8 Å². The largest absolute Gasteiger partial charge is 0.477 e. The van der Waals surface area contributed by atoms with E-state index in [1.807, 2.05) is 62.4 Å². The number of carboxylic acids is 1. The predicted octanol–water partition coefficient (Wildman–Crippen LogP) is 10.9. The molecule has 0 saturated heterocycles. The van der Waals surface area contributed by atoms with E-state index in [-0.39, 0.29) is 11.6 Å². The summed E-state index contributed by atoms with van der Waals surface area (Å²) in [7, 11) is 1.61. The van der Waals surface area contributed by atoms with E-state index in [2.05, 4.69) is 15.3 Å². The van der Waals surface area contributed by atoms with Crippen molar-refractivity contribution in [3.8, 4) is 0 Å². The van der Waals surface area contributed by atoms with Gasteiger partial charge in [-0.2, -0.15) is 0 Å². The summed E-state index contributed by atoms with van der Waals surface area (Å²) in [4.78, 5) is 33.1. The highest BCUT2D eigenvalue weighted by atomic mass is 35.5. The summed E-state index contributed by atoms with van der Waals surface area (Å²) in [6.07, 6.45) is 0. The Morgan fingerprint density at radius 2 is 1.04 bits per heavy atom. The van der Waals surface area contributed by atoms with E-state index >= 15 is 0 Å². The van der Waals surface area contributed by atoms with Gasteiger partial charge in [-0.3, -0.25) is 4.79 Å². The van der Waals surface area contributed by atoms with Crippen LogP contribution in [0.4, 0.5) is 0 Å². The molecule has 0 spiro atoms. The zero-order chi connectivity index (χ0) is 32.4. The number of carboxylic acid groups (broad SMARTS) is 1. The first kappa shape index (κ1) is 33.1. The number of hydrogen-bond donors (Lipinski definition) is 4. The van der Waals surface area contributed by atoms with Crippen molar-refractivity contribution in [1.82, 2.24) is 15.3 Å². The van der Waals surface area contributed by atoms with Crippen molar-refractivity contribution in [3.05, 3.63) is 115 Å². The Morgan fingerprint density at radius 1 is 0.644 bits per heavy atom. The summed E-state index contributed by atoms with van der Waals surface area (Å²) in [5.74, 6) is -1.15. The molecule has 0 bridgehead atoms. The topological polar surface area (TPSA) is 98.0 Å². The number of benzene rings is 4. The van der Waals surface area contributed by atoms with Gasteiger partial charge in [-0.15, -0.1) is 0 Å². The second-order valence-corrected chi connectivity index (χ2v) is 14.0. The molecule has 6 rings (SSSR count). The third kappa shape index (κ3) is 7.77. The molecule has 1 amide bonds. The Hall–Kier alpha value is -3.24. The maximum absolute atomic E-state index is 12.2. The maximum Gasteiger partial charge on any atom is 0.353 e. The van der Waals surface area contributed by atoms with Crippen LogP contribution in [-0.4, -0.2) is 34.0 Å². The molecule has 0 aliphatic carbocycles. The summed E-state index contributed by atoms with van der Waals surface area (Å²) in [6, 6.07) is 22.4. The molecule has 230 valence electrons. The molecule has 0 saturated carbocycles. The van der Waals surface area contributed by atoms with Gasteiger partial charge < -0.3 is 20.4 Å². The zero-order valence-electron chi connectivity index (χ0n) is 24.0. The van der Waals surface area contributed by atoms with Crippen molar-refractivity contribution >= 4 is 104 Å². The third-order valence-corrected chi connectivity index (χ3v) is 9.66. The van der Waals surface area contributed by atoms with Gasteiger partial charge in [-0.25, -0.2) is 4.79 Å². The lowest BCUT2D eigenvalue weighted by Gasteiger charge is -2.05. The fourth-order valence-corrected chi connectivity index (χ4v) is 8.22. The number of hydrogen-bond acceptors (Lipinski definition) is 4. The van der Waals surface area contributed by atoms with E-state index < -0.39 is 5.97 Å². The average molecular weight is 718 g/mol. The van der Waals surface area contributed by atoms with Gasteiger partial charge in [0.1, 0.15) is 11.4 Å². The summed E-state index contributed by atoms with van der Waals surface area (Å²) in [5, 5.41) is 16.1. The van der Waals surface area contributed by atoms with Crippen molar-refractivity contribution in [3.63, 3.8) is 0 Å². The number of fused-ring (bicyclic) bond motifs is 2. The zero-order valence-corrected chi connectivity index (χ0v) is 28.7. The molecule has 4 aromatic carbocycles. The second kappa shape index (κ2) is 14.0. The summed E-state index contributed by atoms with van der Waals surface area (Å²) < 4.78 is 0. The van der Waals surface area contributed by atoms with E-state index in [4.69, 9.17) is 46.4 Å². The number of halogens is 4. The lowest BCUT2D eigenvalue weighted by molar-refractivity contribution is 0.0687. The highest BCUT2D eigenvalue weighted by Crippen LogP contribution is 2.40. The normalized spacial score (nSPS) is 11.0. The molecule has 0 unspecified atom stereocenters. The van der Waals surface area contributed by atoms with Gasteiger partial charge in [0, 0.05) is 58.7 Å². The van der Waals surface area contributed by atoms with Crippen LogP contribution in [0.15, 0.2) is 92.4 Å². The molecule has 45 heavy (non-hydrogen) atoms. The Balaban J connectivity index is 0.000000178. The van der Waals surface area contributed by atoms with Gasteiger partial charge in [0.2, 0.25) is 0 Å². The standard InChI is InChI=1S/C17H14Cl2N2OS.C16H11Cl2NO2S/c1-9-3-4-13-14(5-9)21-15(17(22)20-2)16(13)23-12-7-10(18)6-11(19)8-12;1-8-2-3-12-13(4-8)19-14(16(20)21)15(12)22-11-6-9(17)5-10(18)7-11/h3-8,21H,1-2H3,(H,20,22);2-7,19H,1H3,(H,20,21). The van der Waals surface area contributed by atoms with Gasteiger partial charge in [-0.05, 0) is 73.5 Å². The number of rotatable bonds is 6. The van der Waals surface area contributed by atoms with Crippen LogP contribution >= 0.6 is 69.9 Å². The van der Waals surface area contributed by atoms with Crippen LogP contribution in [0.25, 0.3) is 21.8 Å². The molecule has 0 fully saturated rings. The van der Waals surface area contributed by atoms with Crippen LogP contribution in [0.1, 0.15) is 32.1 Å². The number of aromatic amines is 2. The first-order valence-electron chi connectivity index (χ1n) is 13.4. The second-order valence-electron chi connectivity index (χ2n) is 10.1. The average Bonchev–Trinajstić information content (AvgIpc) is 3.49. The number of aromatic carboxylic acids is 1. The highest BCUT2D eigenvalue weighted by molar-refractivity contribution is 8.00. The Bertz CT molecular complexity index is 2050. The monoisotopic (exact) mass is 715 g/mol. The van der Waals surface area contributed by atoms with Crippen molar-refractivity contribution in [2.24, 2.45) is 0 Å². The molecule has 4 N–H and O–H groups in total. The SMILES string of the molecule is CNC(=O)c1[nH]c2cc(C)ccc2c1Sc1cc(Cl)cc(Cl)c1.Cc1ccc2c(Sc3cc(Cl)cc(Cl)c3)c(C(=O)O)[nH]c2c1. The van der Waals surface area contributed by atoms with Crippen molar-refractivity contribution in [2.45, 2.75) is 33.4 Å². The first-order chi connectivity index (χ1) is 21.4. The Labute approximate surface area is 287 Å². The lowest BCUT2D eigenvalue weighted by Crippen LogP contribution is -2.18. The van der Waals surface area contributed by atoms with Crippen LogP contribution in [0.2, 0.25) is 20.1 Å². The Morgan fingerprint density at radius 3 is 1.44 bits per heavy atom. The van der Waals surface area contributed by atoms with Crippen LogP contribution in [0.5, 0.6) is 0 Å². The van der Waals surface area contributed by atoms with E-state index in [1.54, 1.807) is 31.3 Å². The number of aryl methyl sites for hydroxylation is 2. The fourth-order valence-electron chi connectivity index (χ4n) is 4.63. The summed E-state index contributed by atoms with van der Waals surface area (Å²) >= 11 is 27.0. The molecule has 6 nitrogen and oxygen atoms in total. The number of nitrogens with one attached hydrogen (secondary N) is 3. The highest BCUT2D eigenvalue weighted by Gasteiger charge is 2.20. The molecule has 2 aromatic heterocycles. The number of amides is 1. The minimum Gasteiger partial charge on any atom is -0.477 e. The Kier molecular flexibility index (Phi) is 10.3. The molecule has 2 heterocycles. The smallest absolute Gasteiger partial charge is 0.353 e. The van der Waals surface area contributed by atoms with E-state index in [1.165, 1.54) is 23.5 Å². The van der Waals surface area contributed by atoms with Gasteiger partial charge >= 0.3 is 5.97 Å². The number of H-pyrrole nitrogens is 2. The van der Waals surface area contributed by atoms with E-state index in [9.17, 15) is 14.7 Å². The minimum absolute atomic E-state index is 0.158. The maximum atomic E-state index is 12.2. The molecule has 0 atom stereocenters. The van der Waals surface area contributed by atoms with Gasteiger partial charge in [0.25, 0.3) is 5.91 Å². The summed E-state index contributed by atoms with van der Waals surface area (Å²) in [6.45, 7) is 3.98. The lowest BCUT2D eigenvalue weighted by atomic mass is 10.2. The molecule has 0 aliphatic heterocycles. The number of carbonyl (C=O) groups excluding carboxylic acids is 1. The minimum atomic E-state index is -0.996. The molecule has 12 heteroatoms. The van der Waals surface area contributed by atoms with Gasteiger partial charge in [0.05, 0.1) is 9.79 Å². The molecular formula is C33H25Cl4N3O3S2. The molecule has 0 aliphatic rings. The number of carbonyl (C=O) groups is 2. The van der Waals surface area contributed by atoms with Crippen LogP contribution in [0.3, 0.4) is 0 Å². The van der Waals surface area contributed by atoms with E-state index in [0.717, 1.165) is 47.6 Å². The molecule has 0 radical (unpaired) electrons. The van der Waals surface area contributed by atoms with Crippen molar-refractivity contribution < 1.29 is 14.7 Å². The molecule has 6 aromatic rings. The van der Waals surface area contributed by atoms with Gasteiger partial charge in [0.15, 0.2) is 0 Å². The first-order valence-corrected chi connectivity index (χ1v) is 16.5. The fraction of sp³-hybridized carbons (Fsp3) is 0.0909. The van der Waals surface area contributed by atoms with Crippen LogP contribution < -0.4 is 5.32 Å². The van der Waals surface area contributed by atoms with Crippen molar-refractivity contribution in [2.75, 3.05) is 7.05 Å².